The highest BCUT2D eigenvalue weighted by atomic mass is 16.1. The lowest BCUT2D eigenvalue weighted by Gasteiger charge is -2.37. The molecule has 7 heteroatoms. The van der Waals surface area contributed by atoms with Crippen LogP contribution in [0.3, 0.4) is 0 Å². The molecule has 0 N–H and O–H groups in total. The van der Waals surface area contributed by atoms with E-state index < -0.39 is 0 Å². The van der Waals surface area contributed by atoms with E-state index in [4.69, 9.17) is 0 Å². The van der Waals surface area contributed by atoms with Gasteiger partial charge in [-0.25, -0.2) is 15.0 Å². The molecule has 0 aliphatic carbocycles. The molecule has 0 amide bonds. The van der Waals surface area contributed by atoms with Gasteiger partial charge in [0.2, 0.25) is 0 Å². The largest absolute Gasteiger partial charge is 0.356 e. The number of aromatic nitrogens is 4. The molecule has 0 atom stereocenters. The first kappa shape index (κ1) is 18.1. The molecule has 0 aromatic carbocycles. The number of hydrogen-bond donors (Lipinski definition) is 0. The molecule has 1 fully saturated rings. The van der Waals surface area contributed by atoms with Gasteiger partial charge in [-0.2, -0.15) is 0 Å². The normalized spacial score (nSPS) is 18.1. The first-order valence-corrected chi connectivity index (χ1v) is 9.85. The van der Waals surface area contributed by atoms with Crippen molar-refractivity contribution in [2.45, 2.75) is 59.2 Å². The molecule has 0 bridgehead atoms. The summed E-state index contributed by atoms with van der Waals surface area (Å²) in [6.07, 6.45) is 3.09. The number of aryl methyl sites for hydroxylation is 3. The molecule has 27 heavy (non-hydrogen) atoms. The summed E-state index contributed by atoms with van der Waals surface area (Å²) in [4.78, 5) is 31.1. The third kappa shape index (κ3) is 3.36. The topological polar surface area (TPSA) is 67.2 Å². The minimum atomic E-state index is 0.112. The van der Waals surface area contributed by atoms with E-state index in [1.165, 1.54) is 0 Å². The Labute approximate surface area is 160 Å². The number of rotatable bonds is 3. The van der Waals surface area contributed by atoms with Crippen LogP contribution in [0, 0.1) is 13.8 Å². The van der Waals surface area contributed by atoms with Crippen LogP contribution in [-0.2, 0) is 26.6 Å². The van der Waals surface area contributed by atoms with Gasteiger partial charge >= 0.3 is 0 Å². The van der Waals surface area contributed by atoms with Gasteiger partial charge in [-0.05, 0) is 33.1 Å². The van der Waals surface area contributed by atoms with Crippen LogP contribution in [0.2, 0.25) is 0 Å². The number of piperidine rings is 1. The molecule has 0 unspecified atom stereocenters. The number of hydrogen-bond acceptors (Lipinski definition) is 6. The van der Waals surface area contributed by atoms with Crippen molar-refractivity contribution in [3.63, 3.8) is 0 Å². The van der Waals surface area contributed by atoms with Gasteiger partial charge in [-0.3, -0.25) is 14.3 Å². The molecule has 0 radical (unpaired) electrons. The molecule has 2 aliphatic heterocycles. The Kier molecular flexibility index (Phi) is 4.72. The fourth-order valence-electron chi connectivity index (χ4n) is 4.23. The van der Waals surface area contributed by atoms with Crippen molar-refractivity contribution >= 4 is 5.82 Å². The summed E-state index contributed by atoms with van der Waals surface area (Å²) in [5, 5.41) is 0. The summed E-state index contributed by atoms with van der Waals surface area (Å²) < 4.78 is 1.66. The van der Waals surface area contributed by atoms with Crippen LogP contribution in [0.4, 0.5) is 5.82 Å². The van der Waals surface area contributed by atoms with Crippen LogP contribution >= 0.6 is 0 Å². The van der Waals surface area contributed by atoms with Crippen LogP contribution in [0.25, 0.3) is 0 Å². The highest BCUT2D eigenvalue weighted by Crippen LogP contribution is 2.27. The first-order valence-electron chi connectivity index (χ1n) is 9.85. The minimum Gasteiger partial charge on any atom is -0.356 e. The molecule has 4 rings (SSSR count). The Morgan fingerprint density at radius 2 is 1.85 bits per heavy atom. The minimum absolute atomic E-state index is 0.112. The molecular weight excluding hydrogens is 340 g/mol. The summed E-state index contributed by atoms with van der Waals surface area (Å²) in [5.41, 5.74) is 3.06. The van der Waals surface area contributed by atoms with Crippen molar-refractivity contribution in [2.24, 2.45) is 7.05 Å². The van der Waals surface area contributed by atoms with E-state index in [0.717, 1.165) is 79.9 Å². The lowest BCUT2D eigenvalue weighted by molar-refractivity contribution is 0.169. The van der Waals surface area contributed by atoms with E-state index in [1.54, 1.807) is 11.6 Å². The third-order valence-corrected chi connectivity index (χ3v) is 5.95. The number of fused-ring (bicyclic) bond motifs is 1. The van der Waals surface area contributed by atoms with E-state index >= 15 is 0 Å². The molecular formula is C20H28N6O. The summed E-state index contributed by atoms with van der Waals surface area (Å²) >= 11 is 0. The second kappa shape index (κ2) is 7.03. The monoisotopic (exact) mass is 368 g/mol. The smallest absolute Gasteiger partial charge is 0.258 e. The maximum Gasteiger partial charge on any atom is 0.258 e. The van der Waals surface area contributed by atoms with Gasteiger partial charge in [0.05, 0.1) is 11.3 Å². The third-order valence-electron chi connectivity index (χ3n) is 5.95. The second-order valence-electron chi connectivity index (χ2n) is 7.69. The van der Waals surface area contributed by atoms with Crippen LogP contribution in [-0.4, -0.2) is 43.6 Å². The fraction of sp³-hybridized carbons (Fsp3) is 0.600. The average molecular weight is 368 g/mol. The van der Waals surface area contributed by atoms with Crippen molar-refractivity contribution < 1.29 is 0 Å². The maximum absolute atomic E-state index is 12.5. The summed E-state index contributed by atoms with van der Waals surface area (Å²) in [6, 6.07) is 2.61. The van der Waals surface area contributed by atoms with Gasteiger partial charge in [0, 0.05) is 51.0 Å². The zero-order chi connectivity index (χ0) is 19.1. The van der Waals surface area contributed by atoms with Gasteiger partial charge in [-0.1, -0.05) is 6.92 Å². The van der Waals surface area contributed by atoms with E-state index in [2.05, 4.69) is 37.7 Å². The number of nitrogens with zero attached hydrogens (tertiary/aromatic N) is 6. The molecule has 2 aromatic heterocycles. The fourth-order valence-corrected chi connectivity index (χ4v) is 4.23. The van der Waals surface area contributed by atoms with Crippen molar-refractivity contribution in [2.75, 3.05) is 18.0 Å². The molecule has 0 spiro atoms. The Morgan fingerprint density at radius 1 is 1.11 bits per heavy atom. The van der Waals surface area contributed by atoms with Crippen molar-refractivity contribution in [1.29, 1.82) is 0 Å². The zero-order valence-corrected chi connectivity index (χ0v) is 16.7. The van der Waals surface area contributed by atoms with E-state index in [0.29, 0.717) is 6.04 Å². The van der Waals surface area contributed by atoms with Gasteiger partial charge in [0.25, 0.3) is 5.56 Å². The first-order chi connectivity index (χ1) is 13.0. The van der Waals surface area contributed by atoms with Crippen molar-refractivity contribution in [3.05, 3.63) is 45.0 Å². The molecule has 7 nitrogen and oxygen atoms in total. The standard InChI is InChI=1S/C20H28N6O/c1-5-15-10-19(22-13(2)21-15)25-8-6-16(7-9-25)26-11-17-18(12-26)23-14(3)24(4)20(17)27/h10,16H,5-9,11-12H2,1-4H3. The lowest BCUT2D eigenvalue weighted by atomic mass is 10.0. The molecule has 1 saturated heterocycles. The average Bonchev–Trinajstić information content (AvgIpc) is 3.10. The van der Waals surface area contributed by atoms with Crippen molar-refractivity contribution in [3.8, 4) is 0 Å². The molecule has 0 saturated carbocycles. The van der Waals surface area contributed by atoms with Crippen LogP contribution in [0.15, 0.2) is 10.9 Å². The molecule has 144 valence electrons. The Bertz CT molecular complexity index is 913. The molecule has 2 aliphatic rings. The lowest BCUT2D eigenvalue weighted by Crippen LogP contribution is -2.43. The van der Waals surface area contributed by atoms with E-state index in [-0.39, 0.29) is 5.56 Å². The number of anilines is 1. The second-order valence-corrected chi connectivity index (χ2v) is 7.69. The Hall–Kier alpha value is -2.28. The highest BCUT2D eigenvalue weighted by Gasteiger charge is 2.32. The van der Waals surface area contributed by atoms with Gasteiger partial charge in [0.15, 0.2) is 0 Å². The summed E-state index contributed by atoms with van der Waals surface area (Å²) in [7, 11) is 1.81. The quantitative estimate of drug-likeness (QED) is 0.822. The Morgan fingerprint density at radius 3 is 2.56 bits per heavy atom. The van der Waals surface area contributed by atoms with E-state index in [1.807, 2.05) is 13.8 Å². The predicted octanol–water partition coefficient (Wildman–Crippen LogP) is 1.73. The van der Waals surface area contributed by atoms with Crippen LogP contribution in [0.5, 0.6) is 0 Å². The van der Waals surface area contributed by atoms with Crippen LogP contribution < -0.4 is 10.5 Å². The zero-order valence-electron chi connectivity index (χ0n) is 16.7. The van der Waals surface area contributed by atoms with Gasteiger partial charge < -0.3 is 4.90 Å². The van der Waals surface area contributed by atoms with E-state index in [9.17, 15) is 4.79 Å². The van der Waals surface area contributed by atoms with Gasteiger partial charge in [-0.15, -0.1) is 0 Å². The predicted molar refractivity (Wildman–Crippen MR) is 105 cm³/mol. The Balaban J connectivity index is 1.44. The summed E-state index contributed by atoms with van der Waals surface area (Å²) in [6.45, 7) is 9.49. The molecule has 4 heterocycles. The summed E-state index contributed by atoms with van der Waals surface area (Å²) in [5.74, 6) is 2.69. The molecule has 2 aromatic rings. The SMILES string of the molecule is CCc1cc(N2CCC(N3Cc4nc(C)n(C)c(=O)c4C3)CC2)nc(C)n1. The van der Waals surface area contributed by atoms with Gasteiger partial charge in [0.1, 0.15) is 17.5 Å². The van der Waals surface area contributed by atoms with Crippen LogP contribution in [0.1, 0.15) is 48.4 Å². The van der Waals surface area contributed by atoms with Crippen molar-refractivity contribution in [1.82, 2.24) is 24.4 Å². The maximum atomic E-state index is 12.5. The highest BCUT2D eigenvalue weighted by molar-refractivity contribution is 5.40.